The Labute approximate surface area is 133 Å². The summed E-state index contributed by atoms with van der Waals surface area (Å²) < 4.78 is 0. The van der Waals surface area contributed by atoms with Gasteiger partial charge in [-0.1, -0.05) is 42.5 Å². The summed E-state index contributed by atoms with van der Waals surface area (Å²) in [4.78, 5) is 12.6. The summed E-state index contributed by atoms with van der Waals surface area (Å²) in [7, 11) is 0. The lowest BCUT2D eigenvalue weighted by molar-refractivity contribution is 0.102. The van der Waals surface area contributed by atoms with E-state index >= 15 is 0 Å². The molecule has 1 amide bonds. The fraction of sp³-hybridized carbons (Fsp3) is 0.0526. The van der Waals surface area contributed by atoms with Gasteiger partial charge in [-0.05, 0) is 23.8 Å². The summed E-state index contributed by atoms with van der Waals surface area (Å²) in [6.45, 7) is 0. The van der Waals surface area contributed by atoms with Crippen LogP contribution in [0.3, 0.4) is 0 Å². The van der Waals surface area contributed by atoms with E-state index in [0.29, 0.717) is 22.2 Å². The number of rotatable bonds is 3. The van der Waals surface area contributed by atoms with Gasteiger partial charge in [0.25, 0.3) is 5.91 Å². The van der Waals surface area contributed by atoms with Crippen molar-refractivity contribution in [3.8, 4) is 11.8 Å². The van der Waals surface area contributed by atoms with Gasteiger partial charge in [0.1, 0.15) is 5.75 Å². The second-order valence-corrected chi connectivity index (χ2v) is 5.12. The van der Waals surface area contributed by atoms with E-state index in [1.807, 2.05) is 6.07 Å². The molecule has 23 heavy (non-hydrogen) atoms. The van der Waals surface area contributed by atoms with Crippen molar-refractivity contribution in [3.63, 3.8) is 0 Å². The summed E-state index contributed by atoms with van der Waals surface area (Å²) in [6.07, 6.45) is 0.180. The van der Waals surface area contributed by atoms with Crippen molar-refractivity contribution in [1.82, 2.24) is 0 Å². The van der Waals surface area contributed by atoms with Crippen LogP contribution in [0.1, 0.15) is 15.9 Å². The minimum atomic E-state index is -0.272. The number of amides is 1. The maximum Gasteiger partial charge on any atom is 0.255 e. The Bertz CT molecular complexity index is 926. The van der Waals surface area contributed by atoms with Crippen LogP contribution in [0.5, 0.6) is 5.75 Å². The van der Waals surface area contributed by atoms with Gasteiger partial charge < -0.3 is 10.4 Å². The second-order valence-electron chi connectivity index (χ2n) is 5.12. The summed E-state index contributed by atoms with van der Waals surface area (Å²) in [5.74, 6) is -0.102. The molecule has 0 aromatic heterocycles. The lowest BCUT2D eigenvalue weighted by Crippen LogP contribution is -2.14. The Morgan fingerprint density at radius 3 is 2.57 bits per heavy atom. The quantitative estimate of drug-likeness (QED) is 0.771. The minimum Gasteiger partial charge on any atom is -0.507 e. The Balaban J connectivity index is 1.99. The third-order valence-corrected chi connectivity index (χ3v) is 3.68. The number of phenolic OH excluding ortho intramolecular Hbond substituents is 1. The van der Waals surface area contributed by atoms with Crippen molar-refractivity contribution < 1.29 is 9.90 Å². The zero-order valence-corrected chi connectivity index (χ0v) is 12.3. The highest BCUT2D eigenvalue weighted by Gasteiger charge is 2.12. The number of hydrogen-bond acceptors (Lipinski definition) is 3. The SMILES string of the molecule is N#CCc1ccccc1C(=O)Nc1cccc2c(O)cccc12. The molecule has 3 aromatic carbocycles. The highest BCUT2D eigenvalue weighted by Crippen LogP contribution is 2.30. The number of benzene rings is 3. The number of nitriles is 1. The molecule has 0 bridgehead atoms. The molecule has 4 heteroatoms. The monoisotopic (exact) mass is 302 g/mol. The lowest BCUT2D eigenvalue weighted by Gasteiger charge is -2.11. The Kier molecular flexibility index (Phi) is 3.94. The summed E-state index contributed by atoms with van der Waals surface area (Å²) in [5, 5.41) is 23.1. The predicted molar refractivity (Wildman–Crippen MR) is 89.3 cm³/mol. The molecular formula is C19H14N2O2. The number of nitrogens with zero attached hydrogens (tertiary/aromatic N) is 1. The molecule has 3 rings (SSSR count). The molecule has 0 saturated heterocycles. The van der Waals surface area contributed by atoms with Gasteiger partial charge >= 0.3 is 0 Å². The number of aromatic hydroxyl groups is 1. The second kappa shape index (κ2) is 6.20. The van der Waals surface area contributed by atoms with Crippen LogP contribution in [0.4, 0.5) is 5.69 Å². The van der Waals surface area contributed by atoms with Crippen molar-refractivity contribution in [3.05, 3.63) is 71.8 Å². The van der Waals surface area contributed by atoms with Crippen LogP contribution in [0.2, 0.25) is 0 Å². The summed E-state index contributed by atoms with van der Waals surface area (Å²) in [5.41, 5.74) is 1.79. The molecule has 0 saturated carbocycles. The minimum absolute atomic E-state index is 0.170. The summed E-state index contributed by atoms with van der Waals surface area (Å²) in [6, 6.07) is 19.6. The first-order valence-corrected chi connectivity index (χ1v) is 7.17. The van der Waals surface area contributed by atoms with Crippen LogP contribution in [0.25, 0.3) is 10.8 Å². The molecule has 112 valence electrons. The van der Waals surface area contributed by atoms with Crippen molar-refractivity contribution in [2.75, 3.05) is 5.32 Å². The molecule has 2 N–H and O–H groups in total. The highest BCUT2D eigenvalue weighted by atomic mass is 16.3. The molecule has 0 aliphatic heterocycles. The lowest BCUT2D eigenvalue weighted by atomic mass is 10.0. The third kappa shape index (κ3) is 2.85. The molecule has 4 nitrogen and oxygen atoms in total. The molecule has 3 aromatic rings. The van der Waals surface area contributed by atoms with Crippen molar-refractivity contribution >= 4 is 22.4 Å². The molecule has 0 radical (unpaired) electrons. The van der Waals surface area contributed by atoms with Crippen LogP contribution in [-0.4, -0.2) is 11.0 Å². The Morgan fingerprint density at radius 2 is 1.74 bits per heavy atom. The number of nitrogens with one attached hydrogen (secondary N) is 1. The van der Waals surface area contributed by atoms with E-state index in [-0.39, 0.29) is 18.1 Å². The Hall–Kier alpha value is -3.32. The third-order valence-electron chi connectivity index (χ3n) is 3.68. The molecule has 0 unspecified atom stereocenters. The van der Waals surface area contributed by atoms with Gasteiger partial charge in [0.15, 0.2) is 0 Å². The van der Waals surface area contributed by atoms with Gasteiger partial charge in [0.05, 0.1) is 12.5 Å². The maximum absolute atomic E-state index is 12.6. The van der Waals surface area contributed by atoms with Crippen LogP contribution in [0, 0.1) is 11.3 Å². The molecule has 0 spiro atoms. The van der Waals surface area contributed by atoms with Gasteiger partial charge in [-0.2, -0.15) is 5.26 Å². The van der Waals surface area contributed by atoms with E-state index in [0.717, 1.165) is 5.39 Å². The van der Waals surface area contributed by atoms with E-state index in [4.69, 9.17) is 5.26 Å². The van der Waals surface area contributed by atoms with Gasteiger partial charge in [-0.3, -0.25) is 4.79 Å². The first-order valence-electron chi connectivity index (χ1n) is 7.17. The molecule has 0 atom stereocenters. The van der Waals surface area contributed by atoms with E-state index < -0.39 is 0 Å². The van der Waals surface area contributed by atoms with E-state index in [2.05, 4.69) is 11.4 Å². The fourth-order valence-corrected chi connectivity index (χ4v) is 2.57. The van der Waals surface area contributed by atoms with Gasteiger partial charge in [0, 0.05) is 22.0 Å². The highest BCUT2D eigenvalue weighted by molar-refractivity contribution is 6.10. The molecule has 0 aliphatic rings. The van der Waals surface area contributed by atoms with Gasteiger partial charge in [0.2, 0.25) is 0 Å². The van der Waals surface area contributed by atoms with Crippen LogP contribution < -0.4 is 5.32 Å². The first-order chi connectivity index (χ1) is 11.2. The number of anilines is 1. The number of carbonyl (C=O) groups excluding carboxylic acids is 1. The number of carbonyl (C=O) groups is 1. The summed E-state index contributed by atoms with van der Waals surface area (Å²) >= 11 is 0. The van der Waals surface area contributed by atoms with Crippen LogP contribution in [0.15, 0.2) is 60.7 Å². The fourth-order valence-electron chi connectivity index (χ4n) is 2.57. The molecule has 0 aliphatic carbocycles. The normalized spacial score (nSPS) is 10.2. The van der Waals surface area contributed by atoms with Crippen molar-refractivity contribution in [2.45, 2.75) is 6.42 Å². The van der Waals surface area contributed by atoms with Crippen molar-refractivity contribution in [2.24, 2.45) is 0 Å². The molecular weight excluding hydrogens is 288 g/mol. The van der Waals surface area contributed by atoms with E-state index in [9.17, 15) is 9.90 Å². The average Bonchev–Trinajstić information content (AvgIpc) is 2.56. The van der Waals surface area contributed by atoms with Crippen LogP contribution >= 0.6 is 0 Å². The number of phenols is 1. The van der Waals surface area contributed by atoms with Crippen LogP contribution in [-0.2, 0) is 6.42 Å². The molecule has 0 heterocycles. The topological polar surface area (TPSA) is 73.1 Å². The average molecular weight is 302 g/mol. The largest absolute Gasteiger partial charge is 0.507 e. The number of hydrogen-bond donors (Lipinski definition) is 2. The van der Waals surface area contributed by atoms with E-state index in [1.165, 1.54) is 0 Å². The Morgan fingerprint density at radius 1 is 1.00 bits per heavy atom. The smallest absolute Gasteiger partial charge is 0.255 e. The first kappa shape index (κ1) is 14.6. The van der Waals surface area contributed by atoms with Gasteiger partial charge in [-0.15, -0.1) is 0 Å². The van der Waals surface area contributed by atoms with Crippen molar-refractivity contribution in [1.29, 1.82) is 5.26 Å². The zero-order chi connectivity index (χ0) is 16.2. The zero-order valence-electron chi connectivity index (χ0n) is 12.3. The number of fused-ring (bicyclic) bond motifs is 1. The maximum atomic E-state index is 12.6. The van der Waals surface area contributed by atoms with Gasteiger partial charge in [-0.25, -0.2) is 0 Å². The standard InChI is InChI=1S/C19H14N2O2/c20-12-11-13-5-1-2-6-14(13)19(23)21-17-9-3-8-16-15(17)7-4-10-18(16)22/h1-10,22H,11H2,(H,21,23). The molecule has 0 fully saturated rings. The van der Waals surface area contributed by atoms with E-state index in [1.54, 1.807) is 54.6 Å². The predicted octanol–water partition coefficient (Wildman–Crippen LogP) is 3.86.